The summed E-state index contributed by atoms with van der Waals surface area (Å²) in [4.78, 5) is 4.77. The summed E-state index contributed by atoms with van der Waals surface area (Å²) in [6.07, 6.45) is 2.30. The molecule has 1 aliphatic rings. The van der Waals surface area contributed by atoms with Crippen molar-refractivity contribution in [3.63, 3.8) is 0 Å². The molecular formula is C11H25N3O. The highest BCUT2D eigenvalue weighted by atomic mass is 16.5. The smallest absolute Gasteiger partial charge is 0.0474 e. The topological polar surface area (TPSA) is 41.7 Å². The fourth-order valence-corrected chi connectivity index (χ4v) is 2.28. The molecule has 0 aromatic heterocycles. The Labute approximate surface area is 93.4 Å². The lowest BCUT2D eigenvalue weighted by atomic mass is 9.97. The molecule has 1 atom stereocenters. The van der Waals surface area contributed by atoms with Crippen LogP contribution in [0.5, 0.6) is 0 Å². The first-order chi connectivity index (χ1) is 7.14. The van der Waals surface area contributed by atoms with Crippen LogP contribution in [0.2, 0.25) is 0 Å². The van der Waals surface area contributed by atoms with Crippen molar-refractivity contribution in [3.8, 4) is 0 Å². The number of rotatable bonds is 6. The van der Waals surface area contributed by atoms with Crippen molar-refractivity contribution >= 4 is 0 Å². The molecule has 1 fully saturated rings. The van der Waals surface area contributed by atoms with Crippen LogP contribution in [0.25, 0.3) is 0 Å². The zero-order valence-electron chi connectivity index (χ0n) is 10.3. The normalized spacial score (nSPS) is 27.8. The third-order valence-corrected chi connectivity index (χ3v) is 3.56. The lowest BCUT2D eigenvalue weighted by Gasteiger charge is -2.35. The molecule has 0 aromatic rings. The maximum absolute atomic E-state index is 5.89. The minimum atomic E-state index is 0.201. The summed E-state index contributed by atoms with van der Waals surface area (Å²) in [6.45, 7) is 5.00. The first-order valence-corrected chi connectivity index (χ1v) is 5.73. The molecule has 1 rings (SSSR count). The Morgan fingerprint density at radius 3 is 2.67 bits per heavy atom. The van der Waals surface area contributed by atoms with Crippen LogP contribution in [0.4, 0.5) is 0 Å². The average molecular weight is 215 g/mol. The van der Waals surface area contributed by atoms with Crippen LogP contribution in [0.15, 0.2) is 0 Å². The molecule has 90 valence electrons. The molecular weight excluding hydrogens is 190 g/mol. The van der Waals surface area contributed by atoms with Crippen molar-refractivity contribution in [2.75, 3.05) is 54.0 Å². The quantitative estimate of drug-likeness (QED) is 0.633. The average Bonchev–Trinajstić information content (AvgIpc) is 2.63. The summed E-state index contributed by atoms with van der Waals surface area (Å²) in [5, 5.41) is 0. The van der Waals surface area contributed by atoms with Gasteiger partial charge in [0.1, 0.15) is 0 Å². The number of likely N-dealkylation sites (tertiary alicyclic amines) is 1. The predicted molar refractivity (Wildman–Crippen MR) is 63.0 cm³/mol. The molecule has 0 radical (unpaired) electrons. The summed E-state index contributed by atoms with van der Waals surface area (Å²) in [6, 6.07) is 0. The van der Waals surface area contributed by atoms with Crippen LogP contribution in [-0.4, -0.2) is 69.3 Å². The van der Waals surface area contributed by atoms with E-state index in [1.807, 2.05) is 0 Å². The highest BCUT2D eigenvalue weighted by Crippen LogP contribution is 2.24. The van der Waals surface area contributed by atoms with Gasteiger partial charge in [-0.25, -0.2) is 0 Å². The molecule has 0 aromatic carbocycles. The summed E-state index contributed by atoms with van der Waals surface area (Å²) in [5.41, 5.74) is 6.10. The Hall–Kier alpha value is -0.160. The Balaban J connectivity index is 2.36. The molecule has 0 amide bonds. The lowest BCUT2D eigenvalue weighted by Crippen LogP contribution is -2.52. The van der Waals surface area contributed by atoms with Gasteiger partial charge in [0.15, 0.2) is 0 Å². The SMILES string of the molecule is COCCCN1CCC(CN)(N(C)C)C1. The third kappa shape index (κ3) is 3.14. The van der Waals surface area contributed by atoms with E-state index < -0.39 is 0 Å². The molecule has 0 aliphatic carbocycles. The van der Waals surface area contributed by atoms with E-state index in [4.69, 9.17) is 10.5 Å². The molecule has 15 heavy (non-hydrogen) atoms. The molecule has 1 heterocycles. The second-order valence-electron chi connectivity index (χ2n) is 4.70. The largest absolute Gasteiger partial charge is 0.385 e. The van der Waals surface area contributed by atoms with Gasteiger partial charge < -0.3 is 20.3 Å². The van der Waals surface area contributed by atoms with Crippen molar-refractivity contribution < 1.29 is 4.74 Å². The zero-order chi connectivity index (χ0) is 11.3. The summed E-state index contributed by atoms with van der Waals surface area (Å²) in [5.74, 6) is 0. The van der Waals surface area contributed by atoms with Crippen LogP contribution < -0.4 is 5.73 Å². The van der Waals surface area contributed by atoms with E-state index in [1.165, 1.54) is 13.0 Å². The van der Waals surface area contributed by atoms with Gasteiger partial charge >= 0.3 is 0 Å². The molecule has 1 aliphatic heterocycles. The molecule has 4 heteroatoms. The maximum atomic E-state index is 5.89. The minimum absolute atomic E-state index is 0.201. The molecule has 1 saturated heterocycles. The lowest BCUT2D eigenvalue weighted by molar-refractivity contribution is 0.149. The van der Waals surface area contributed by atoms with Gasteiger partial charge in [-0.2, -0.15) is 0 Å². The van der Waals surface area contributed by atoms with Crippen molar-refractivity contribution in [1.82, 2.24) is 9.80 Å². The number of hydrogen-bond acceptors (Lipinski definition) is 4. The highest BCUT2D eigenvalue weighted by molar-refractivity contribution is 4.97. The van der Waals surface area contributed by atoms with Crippen LogP contribution in [-0.2, 0) is 4.74 Å². The molecule has 4 nitrogen and oxygen atoms in total. The first kappa shape index (κ1) is 12.9. The first-order valence-electron chi connectivity index (χ1n) is 5.73. The summed E-state index contributed by atoms with van der Waals surface area (Å²) in [7, 11) is 6.02. The Morgan fingerprint density at radius 1 is 1.47 bits per heavy atom. The van der Waals surface area contributed by atoms with E-state index in [0.29, 0.717) is 0 Å². The number of ether oxygens (including phenoxy) is 1. The second kappa shape index (κ2) is 5.80. The van der Waals surface area contributed by atoms with Crippen molar-refractivity contribution in [2.45, 2.75) is 18.4 Å². The number of nitrogens with two attached hydrogens (primary N) is 1. The van der Waals surface area contributed by atoms with Crippen molar-refractivity contribution in [1.29, 1.82) is 0 Å². The van der Waals surface area contributed by atoms with Crippen LogP contribution >= 0.6 is 0 Å². The second-order valence-corrected chi connectivity index (χ2v) is 4.70. The van der Waals surface area contributed by atoms with Crippen LogP contribution in [0, 0.1) is 0 Å². The Bertz CT molecular complexity index is 187. The summed E-state index contributed by atoms with van der Waals surface area (Å²) < 4.78 is 5.07. The highest BCUT2D eigenvalue weighted by Gasteiger charge is 2.38. The van der Waals surface area contributed by atoms with E-state index in [0.717, 1.165) is 32.7 Å². The van der Waals surface area contributed by atoms with E-state index in [1.54, 1.807) is 7.11 Å². The molecule has 0 spiro atoms. The molecule has 0 saturated carbocycles. The zero-order valence-corrected chi connectivity index (χ0v) is 10.3. The Morgan fingerprint density at radius 2 is 2.20 bits per heavy atom. The van der Waals surface area contributed by atoms with E-state index >= 15 is 0 Å². The predicted octanol–water partition coefficient (Wildman–Crippen LogP) is -0.0123. The van der Waals surface area contributed by atoms with Gasteiger partial charge in [-0.1, -0.05) is 0 Å². The number of hydrogen-bond donors (Lipinski definition) is 1. The maximum Gasteiger partial charge on any atom is 0.0474 e. The fourth-order valence-electron chi connectivity index (χ4n) is 2.28. The van der Waals surface area contributed by atoms with E-state index in [2.05, 4.69) is 23.9 Å². The summed E-state index contributed by atoms with van der Waals surface area (Å²) >= 11 is 0. The number of nitrogens with zero attached hydrogens (tertiary/aromatic N) is 2. The number of likely N-dealkylation sites (N-methyl/N-ethyl adjacent to an activating group) is 1. The number of methoxy groups -OCH3 is 1. The van der Waals surface area contributed by atoms with Gasteiger partial charge in [0, 0.05) is 45.4 Å². The molecule has 0 bridgehead atoms. The van der Waals surface area contributed by atoms with E-state index in [9.17, 15) is 0 Å². The van der Waals surface area contributed by atoms with E-state index in [-0.39, 0.29) is 5.54 Å². The third-order valence-electron chi connectivity index (χ3n) is 3.56. The standard InChI is InChI=1S/C11H25N3O/c1-13(2)11(9-12)5-7-14(10-11)6-4-8-15-3/h4-10,12H2,1-3H3. The van der Waals surface area contributed by atoms with Gasteiger partial charge in [-0.3, -0.25) is 0 Å². The monoisotopic (exact) mass is 215 g/mol. The Kier molecular flexibility index (Phi) is 4.99. The van der Waals surface area contributed by atoms with Crippen molar-refractivity contribution in [2.24, 2.45) is 5.73 Å². The molecule has 1 unspecified atom stereocenters. The van der Waals surface area contributed by atoms with Crippen molar-refractivity contribution in [3.05, 3.63) is 0 Å². The van der Waals surface area contributed by atoms with Gasteiger partial charge in [-0.05, 0) is 26.9 Å². The molecule has 2 N–H and O–H groups in total. The van der Waals surface area contributed by atoms with Crippen LogP contribution in [0.3, 0.4) is 0 Å². The minimum Gasteiger partial charge on any atom is -0.385 e. The van der Waals surface area contributed by atoms with Crippen LogP contribution in [0.1, 0.15) is 12.8 Å². The van der Waals surface area contributed by atoms with Gasteiger partial charge in [0.05, 0.1) is 0 Å². The van der Waals surface area contributed by atoms with Gasteiger partial charge in [0.25, 0.3) is 0 Å². The van der Waals surface area contributed by atoms with Gasteiger partial charge in [-0.15, -0.1) is 0 Å². The van der Waals surface area contributed by atoms with Gasteiger partial charge in [0.2, 0.25) is 0 Å². The fraction of sp³-hybridized carbons (Fsp3) is 1.00.